The highest BCUT2D eigenvalue weighted by atomic mass is 35.5. The lowest BCUT2D eigenvalue weighted by Gasteiger charge is -2.34. The Morgan fingerprint density at radius 1 is 1.05 bits per heavy atom. The highest BCUT2D eigenvalue weighted by Gasteiger charge is 2.31. The van der Waals surface area contributed by atoms with Gasteiger partial charge in [-0.3, -0.25) is 5.41 Å². The number of sulfonamides is 1. The first kappa shape index (κ1) is 16.6. The second-order valence-corrected chi connectivity index (χ2v) is 7.60. The third-order valence-electron chi connectivity index (χ3n) is 3.17. The highest BCUT2D eigenvalue weighted by Crippen LogP contribution is 2.33. The standard InChI is InChI=1S/C11H13Cl3N4O2S/c12-7-5-9(14)10(6-8(7)13)21(19,20)18-3-1-17(2-4-18)11(15)16/h5-6H,1-4H2,(H3,15,16). The summed E-state index contributed by atoms with van der Waals surface area (Å²) in [5.41, 5.74) is 5.38. The molecule has 1 aromatic carbocycles. The van der Waals surface area contributed by atoms with Crippen LogP contribution in [-0.4, -0.2) is 49.8 Å². The minimum atomic E-state index is -3.76. The fourth-order valence-electron chi connectivity index (χ4n) is 2.01. The molecular weight excluding hydrogens is 359 g/mol. The molecule has 1 aliphatic rings. The van der Waals surface area contributed by atoms with Gasteiger partial charge in [0.1, 0.15) is 4.90 Å². The van der Waals surface area contributed by atoms with Crippen molar-refractivity contribution in [2.24, 2.45) is 5.73 Å². The maximum Gasteiger partial charge on any atom is 0.244 e. The molecule has 6 nitrogen and oxygen atoms in total. The first-order valence-corrected chi connectivity index (χ1v) is 8.54. The van der Waals surface area contributed by atoms with Gasteiger partial charge in [-0.1, -0.05) is 34.8 Å². The number of nitrogens with one attached hydrogen (secondary N) is 1. The molecule has 21 heavy (non-hydrogen) atoms. The second-order valence-electron chi connectivity index (χ2n) is 4.47. The van der Waals surface area contributed by atoms with Crippen molar-refractivity contribution in [2.75, 3.05) is 26.2 Å². The van der Waals surface area contributed by atoms with Gasteiger partial charge in [0.05, 0.1) is 15.1 Å². The smallest absolute Gasteiger partial charge is 0.244 e. The quantitative estimate of drug-likeness (QED) is 0.471. The van der Waals surface area contributed by atoms with Gasteiger partial charge >= 0.3 is 0 Å². The van der Waals surface area contributed by atoms with E-state index in [2.05, 4.69) is 0 Å². The molecule has 0 radical (unpaired) electrons. The summed E-state index contributed by atoms with van der Waals surface area (Å²) in [5.74, 6) is -0.0698. The molecule has 1 saturated heterocycles. The topological polar surface area (TPSA) is 90.5 Å². The van der Waals surface area contributed by atoms with Crippen molar-refractivity contribution in [2.45, 2.75) is 4.90 Å². The number of guanidine groups is 1. The lowest BCUT2D eigenvalue weighted by Crippen LogP contribution is -2.52. The lowest BCUT2D eigenvalue weighted by molar-refractivity contribution is 0.263. The molecule has 0 aromatic heterocycles. The maximum absolute atomic E-state index is 12.6. The number of benzene rings is 1. The molecule has 2 rings (SSSR count). The Morgan fingerprint density at radius 3 is 2.10 bits per heavy atom. The van der Waals surface area contributed by atoms with Gasteiger partial charge in [-0.15, -0.1) is 0 Å². The maximum atomic E-state index is 12.6. The number of rotatable bonds is 2. The molecule has 116 valence electrons. The van der Waals surface area contributed by atoms with Crippen molar-refractivity contribution in [3.05, 3.63) is 27.2 Å². The first-order chi connectivity index (χ1) is 9.73. The molecule has 1 heterocycles. The normalized spacial score (nSPS) is 17.0. The van der Waals surface area contributed by atoms with Crippen molar-refractivity contribution in [3.8, 4) is 0 Å². The fourth-order valence-corrected chi connectivity index (χ4v) is 4.41. The van der Waals surface area contributed by atoms with Crippen LogP contribution in [0, 0.1) is 5.41 Å². The summed E-state index contributed by atoms with van der Waals surface area (Å²) < 4.78 is 26.5. The summed E-state index contributed by atoms with van der Waals surface area (Å²) in [6.45, 7) is 1.15. The van der Waals surface area contributed by atoms with Crippen LogP contribution in [0.1, 0.15) is 0 Å². The van der Waals surface area contributed by atoms with Crippen LogP contribution in [0.25, 0.3) is 0 Å². The molecule has 0 saturated carbocycles. The Kier molecular flexibility index (Phi) is 4.89. The summed E-state index contributed by atoms with van der Waals surface area (Å²) in [5, 5.41) is 7.69. The molecule has 1 aliphatic heterocycles. The monoisotopic (exact) mass is 370 g/mol. The Morgan fingerprint density at radius 2 is 1.57 bits per heavy atom. The van der Waals surface area contributed by atoms with E-state index < -0.39 is 10.0 Å². The predicted octanol–water partition coefficient (Wildman–Crippen LogP) is 1.85. The molecule has 3 N–H and O–H groups in total. The van der Waals surface area contributed by atoms with E-state index in [4.69, 9.17) is 45.9 Å². The van der Waals surface area contributed by atoms with E-state index >= 15 is 0 Å². The minimum absolute atomic E-state index is 0.0263. The van der Waals surface area contributed by atoms with Crippen molar-refractivity contribution in [3.63, 3.8) is 0 Å². The third-order valence-corrected chi connectivity index (χ3v) is 6.26. The van der Waals surface area contributed by atoms with Crippen LogP contribution >= 0.6 is 34.8 Å². The molecular formula is C11H13Cl3N4O2S. The van der Waals surface area contributed by atoms with Gasteiger partial charge in [-0.05, 0) is 12.1 Å². The van der Waals surface area contributed by atoms with E-state index in [1.165, 1.54) is 16.4 Å². The van der Waals surface area contributed by atoms with E-state index in [1.54, 1.807) is 4.90 Å². The van der Waals surface area contributed by atoms with Gasteiger partial charge in [0, 0.05) is 26.2 Å². The summed E-state index contributed by atoms with van der Waals surface area (Å²) in [4.78, 5) is 1.53. The van der Waals surface area contributed by atoms with Crippen molar-refractivity contribution >= 4 is 50.8 Å². The van der Waals surface area contributed by atoms with Crippen LogP contribution in [-0.2, 0) is 10.0 Å². The summed E-state index contributed by atoms with van der Waals surface area (Å²) in [6, 6.07) is 2.56. The average Bonchev–Trinajstić information content (AvgIpc) is 2.42. The van der Waals surface area contributed by atoms with E-state index in [0.29, 0.717) is 13.1 Å². The Balaban J connectivity index is 2.28. The Bertz CT molecular complexity index is 672. The molecule has 0 amide bonds. The minimum Gasteiger partial charge on any atom is -0.370 e. The number of nitrogens with two attached hydrogens (primary N) is 1. The van der Waals surface area contributed by atoms with Gasteiger partial charge in [0.15, 0.2) is 5.96 Å². The van der Waals surface area contributed by atoms with Crippen LogP contribution in [0.3, 0.4) is 0 Å². The van der Waals surface area contributed by atoms with Gasteiger partial charge in [0.25, 0.3) is 0 Å². The SMILES string of the molecule is N=C(N)N1CCN(S(=O)(=O)c2cc(Cl)c(Cl)cc2Cl)CC1. The van der Waals surface area contributed by atoms with Gasteiger partial charge in [-0.25, -0.2) is 8.42 Å². The van der Waals surface area contributed by atoms with Crippen molar-refractivity contribution in [1.29, 1.82) is 5.41 Å². The number of piperazine rings is 1. The summed E-state index contributed by atoms with van der Waals surface area (Å²) in [7, 11) is -3.76. The second kappa shape index (κ2) is 6.18. The largest absolute Gasteiger partial charge is 0.370 e. The highest BCUT2D eigenvalue weighted by molar-refractivity contribution is 7.89. The van der Waals surface area contributed by atoms with E-state index in [0.717, 1.165) is 0 Å². The lowest BCUT2D eigenvalue weighted by atomic mass is 10.4. The number of hydrogen-bond acceptors (Lipinski definition) is 3. The summed E-state index contributed by atoms with van der Waals surface area (Å²) >= 11 is 17.6. The van der Waals surface area contributed by atoms with Crippen molar-refractivity contribution < 1.29 is 8.42 Å². The zero-order valence-corrected chi connectivity index (χ0v) is 13.9. The fraction of sp³-hybridized carbons (Fsp3) is 0.364. The molecule has 0 atom stereocenters. The average molecular weight is 372 g/mol. The molecule has 1 aromatic rings. The van der Waals surface area contributed by atoms with E-state index in [1.807, 2.05) is 0 Å². The van der Waals surface area contributed by atoms with Crippen LogP contribution < -0.4 is 5.73 Å². The molecule has 0 bridgehead atoms. The molecule has 0 spiro atoms. The van der Waals surface area contributed by atoms with Crippen LogP contribution in [0.2, 0.25) is 15.1 Å². The van der Waals surface area contributed by atoms with E-state index in [9.17, 15) is 8.42 Å². The van der Waals surface area contributed by atoms with Crippen LogP contribution in [0.5, 0.6) is 0 Å². The molecule has 1 fully saturated rings. The molecule has 0 aliphatic carbocycles. The zero-order valence-electron chi connectivity index (χ0n) is 10.8. The summed E-state index contributed by atoms with van der Waals surface area (Å²) in [6.07, 6.45) is 0. The van der Waals surface area contributed by atoms with Crippen LogP contribution in [0.4, 0.5) is 0 Å². The number of halogens is 3. The number of hydrogen-bond donors (Lipinski definition) is 2. The predicted molar refractivity (Wildman–Crippen MR) is 83.7 cm³/mol. The Hall–Kier alpha value is -0.730. The molecule has 0 unspecified atom stereocenters. The third kappa shape index (κ3) is 3.37. The van der Waals surface area contributed by atoms with E-state index in [-0.39, 0.29) is 39.0 Å². The van der Waals surface area contributed by atoms with Gasteiger partial charge < -0.3 is 10.6 Å². The van der Waals surface area contributed by atoms with Crippen LogP contribution in [0.15, 0.2) is 17.0 Å². The Labute approximate surface area is 137 Å². The number of nitrogens with zero attached hydrogens (tertiary/aromatic N) is 2. The zero-order chi connectivity index (χ0) is 15.8. The molecule has 10 heteroatoms. The van der Waals surface area contributed by atoms with Gasteiger partial charge in [-0.2, -0.15) is 4.31 Å². The van der Waals surface area contributed by atoms with Gasteiger partial charge in [0.2, 0.25) is 10.0 Å². The first-order valence-electron chi connectivity index (χ1n) is 5.97. The van der Waals surface area contributed by atoms with Crippen molar-refractivity contribution in [1.82, 2.24) is 9.21 Å².